The molecule has 3 nitrogen and oxygen atoms in total. The summed E-state index contributed by atoms with van der Waals surface area (Å²) >= 11 is 0. The summed E-state index contributed by atoms with van der Waals surface area (Å²) in [6, 6.07) is 13.5. The summed E-state index contributed by atoms with van der Waals surface area (Å²) in [5, 5.41) is 3.13. The number of hydrogen-bond donors (Lipinski definition) is 1. The molecular weight excluding hydrogens is 257 g/mol. The summed E-state index contributed by atoms with van der Waals surface area (Å²) in [5.41, 5.74) is 1.50. The van der Waals surface area contributed by atoms with E-state index < -0.39 is 0 Å². The molecule has 2 aromatic carbocycles. The molecule has 0 unspecified atom stereocenters. The highest BCUT2D eigenvalue weighted by Gasteiger charge is 2.02. The van der Waals surface area contributed by atoms with Crippen LogP contribution in [0, 0.1) is 5.82 Å². The minimum atomic E-state index is -0.369. The van der Waals surface area contributed by atoms with Gasteiger partial charge in [-0.1, -0.05) is 24.3 Å². The summed E-state index contributed by atoms with van der Waals surface area (Å²) in [6.45, 7) is 2.39. The summed E-state index contributed by atoms with van der Waals surface area (Å²) in [7, 11) is 0. The molecule has 0 spiro atoms. The molecule has 0 fully saturated rings. The zero-order valence-electron chi connectivity index (χ0n) is 11.2. The number of anilines is 1. The molecule has 0 saturated carbocycles. The molecule has 0 heterocycles. The Morgan fingerprint density at radius 1 is 1.20 bits per heavy atom. The van der Waals surface area contributed by atoms with Gasteiger partial charge in [0, 0.05) is 17.8 Å². The van der Waals surface area contributed by atoms with Gasteiger partial charge < -0.3 is 10.1 Å². The van der Waals surface area contributed by atoms with Crippen molar-refractivity contribution in [3.8, 4) is 5.75 Å². The maximum absolute atomic E-state index is 13.3. The number of Topliss-reactive ketones (excluding diaryl/α,β-unsaturated/α-hetero) is 1. The van der Waals surface area contributed by atoms with E-state index in [1.54, 1.807) is 30.3 Å². The molecular formula is C16H16FNO2. The normalized spacial score (nSPS) is 10.1. The Hall–Kier alpha value is -2.36. The predicted molar refractivity (Wildman–Crippen MR) is 76.8 cm³/mol. The second-order valence-electron chi connectivity index (χ2n) is 4.34. The third-order valence-electron chi connectivity index (χ3n) is 2.79. The van der Waals surface area contributed by atoms with Crippen molar-refractivity contribution in [1.29, 1.82) is 0 Å². The van der Waals surface area contributed by atoms with Crippen LogP contribution in [0.25, 0.3) is 0 Å². The Morgan fingerprint density at radius 3 is 2.75 bits per heavy atom. The van der Waals surface area contributed by atoms with Crippen molar-refractivity contribution < 1.29 is 13.9 Å². The Labute approximate surface area is 117 Å². The van der Waals surface area contributed by atoms with E-state index in [9.17, 15) is 9.18 Å². The van der Waals surface area contributed by atoms with Crippen LogP contribution in [-0.4, -0.2) is 18.9 Å². The lowest BCUT2D eigenvalue weighted by molar-refractivity contribution is 0.101. The molecule has 2 aromatic rings. The fourth-order valence-corrected chi connectivity index (χ4v) is 1.77. The lowest BCUT2D eigenvalue weighted by atomic mass is 10.1. The third-order valence-corrected chi connectivity index (χ3v) is 2.79. The quantitative estimate of drug-likeness (QED) is 0.646. The van der Waals surface area contributed by atoms with E-state index in [1.807, 2.05) is 12.1 Å². The summed E-state index contributed by atoms with van der Waals surface area (Å²) in [6.07, 6.45) is 0. The summed E-state index contributed by atoms with van der Waals surface area (Å²) in [5.74, 6) is -0.103. The van der Waals surface area contributed by atoms with Crippen molar-refractivity contribution in [3.05, 3.63) is 59.9 Å². The number of benzene rings is 2. The number of carbonyl (C=O) groups excluding carboxylic acids is 1. The number of para-hydroxylation sites is 1. The van der Waals surface area contributed by atoms with Gasteiger partial charge in [0.1, 0.15) is 6.61 Å². The SMILES string of the molecule is CC(=O)c1cccc(NCCOc2ccccc2F)c1. The molecule has 0 bridgehead atoms. The zero-order chi connectivity index (χ0) is 14.4. The fraction of sp³-hybridized carbons (Fsp3) is 0.188. The van der Waals surface area contributed by atoms with Crippen LogP contribution in [0.5, 0.6) is 5.75 Å². The second-order valence-corrected chi connectivity index (χ2v) is 4.34. The lowest BCUT2D eigenvalue weighted by Crippen LogP contribution is -2.12. The van der Waals surface area contributed by atoms with E-state index in [4.69, 9.17) is 4.74 Å². The highest BCUT2D eigenvalue weighted by Crippen LogP contribution is 2.15. The van der Waals surface area contributed by atoms with Crippen LogP contribution in [0.4, 0.5) is 10.1 Å². The van der Waals surface area contributed by atoms with Gasteiger partial charge in [0.2, 0.25) is 0 Å². The minimum absolute atomic E-state index is 0.0243. The molecule has 1 N–H and O–H groups in total. The Balaban J connectivity index is 1.83. The first-order valence-corrected chi connectivity index (χ1v) is 6.39. The van der Waals surface area contributed by atoms with E-state index in [0.29, 0.717) is 18.7 Å². The van der Waals surface area contributed by atoms with Crippen molar-refractivity contribution in [2.45, 2.75) is 6.92 Å². The number of ketones is 1. The number of ether oxygens (including phenoxy) is 1. The van der Waals surface area contributed by atoms with Crippen LogP contribution >= 0.6 is 0 Å². The van der Waals surface area contributed by atoms with E-state index in [1.165, 1.54) is 13.0 Å². The molecule has 0 atom stereocenters. The molecule has 0 aliphatic rings. The molecule has 104 valence electrons. The number of rotatable bonds is 6. The maximum Gasteiger partial charge on any atom is 0.165 e. The van der Waals surface area contributed by atoms with Crippen LogP contribution in [-0.2, 0) is 0 Å². The number of halogens is 1. The Bertz CT molecular complexity index is 599. The van der Waals surface area contributed by atoms with Crippen LogP contribution < -0.4 is 10.1 Å². The van der Waals surface area contributed by atoms with E-state index in [2.05, 4.69) is 5.32 Å². The Kier molecular flexibility index (Phi) is 4.71. The average Bonchev–Trinajstić information content (AvgIpc) is 2.45. The molecule has 20 heavy (non-hydrogen) atoms. The van der Waals surface area contributed by atoms with E-state index in [-0.39, 0.29) is 17.3 Å². The fourth-order valence-electron chi connectivity index (χ4n) is 1.77. The minimum Gasteiger partial charge on any atom is -0.489 e. The van der Waals surface area contributed by atoms with Gasteiger partial charge in [-0.05, 0) is 31.2 Å². The van der Waals surface area contributed by atoms with Crippen molar-refractivity contribution in [2.24, 2.45) is 0 Å². The van der Waals surface area contributed by atoms with Crippen LogP contribution in [0.15, 0.2) is 48.5 Å². The molecule has 0 amide bonds. The predicted octanol–water partition coefficient (Wildman–Crippen LogP) is 3.52. The van der Waals surface area contributed by atoms with Crippen LogP contribution in [0.3, 0.4) is 0 Å². The second kappa shape index (κ2) is 6.70. The van der Waals surface area contributed by atoms with Crippen molar-refractivity contribution in [1.82, 2.24) is 0 Å². The van der Waals surface area contributed by atoms with Gasteiger partial charge in [-0.3, -0.25) is 4.79 Å². The third kappa shape index (κ3) is 3.82. The number of nitrogens with one attached hydrogen (secondary N) is 1. The number of carbonyl (C=O) groups is 1. The molecule has 0 aliphatic heterocycles. The largest absolute Gasteiger partial charge is 0.489 e. The molecule has 0 saturated heterocycles. The van der Waals surface area contributed by atoms with Crippen molar-refractivity contribution in [3.63, 3.8) is 0 Å². The van der Waals surface area contributed by atoms with Gasteiger partial charge >= 0.3 is 0 Å². The topological polar surface area (TPSA) is 38.3 Å². The molecule has 0 aromatic heterocycles. The first-order chi connectivity index (χ1) is 9.66. The zero-order valence-corrected chi connectivity index (χ0v) is 11.2. The van der Waals surface area contributed by atoms with E-state index in [0.717, 1.165) is 5.69 Å². The first kappa shape index (κ1) is 14.1. The van der Waals surface area contributed by atoms with Gasteiger partial charge in [-0.2, -0.15) is 0 Å². The Morgan fingerprint density at radius 2 is 2.00 bits per heavy atom. The molecule has 0 radical (unpaired) electrons. The summed E-state index contributed by atoms with van der Waals surface area (Å²) in [4.78, 5) is 11.3. The van der Waals surface area contributed by atoms with Gasteiger partial charge in [0.15, 0.2) is 17.3 Å². The maximum atomic E-state index is 13.3. The van der Waals surface area contributed by atoms with Gasteiger partial charge in [-0.25, -0.2) is 4.39 Å². The van der Waals surface area contributed by atoms with Crippen molar-refractivity contribution >= 4 is 11.5 Å². The number of hydrogen-bond acceptors (Lipinski definition) is 3. The van der Waals surface area contributed by atoms with Crippen molar-refractivity contribution in [2.75, 3.05) is 18.5 Å². The van der Waals surface area contributed by atoms with Crippen LogP contribution in [0.2, 0.25) is 0 Å². The smallest absolute Gasteiger partial charge is 0.165 e. The average molecular weight is 273 g/mol. The van der Waals surface area contributed by atoms with Gasteiger partial charge in [0.25, 0.3) is 0 Å². The monoisotopic (exact) mass is 273 g/mol. The van der Waals surface area contributed by atoms with Gasteiger partial charge in [0.05, 0.1) is 0 Å². The lowest BCUT2D eigenvalue weighted by Gasteiger charge is -2.09. The standard InChI is InChI=1S/C16H16FNO2/c1-12(19)13-5-4-6-14(11-13)18-9-10-20-16-8-3-2-7-15(16)17/h2-8,11,18H,9-10H2,1H3. The van der Waals surface area contributed by atoms with Crippen LogP contribution in [0.1, 0.15) is 17.3 Å². The first-order valence-electron chi connectivity index (χ1n) is 6.39. The highest BCUT2D eigenvalue weighted by atomic mass is 19.1. The molecule has 0 aliphatic carbocycles. The van der Waals surface area contributed by atoms with Gasteiger partial charge in [-0.15, -0.1) is 0 Å². The molecule has 4 heteroatoms. The molecule has 2 rings (SSSR count). The summed E-state index contributed by atoms with van der Waals surface area (Å²) < 4.78 is 18.6. The van der Waals surface area contributed by atoms with E-state index >= 15 is 0 Å². The highest BCUT2D eigenvalue weighted by molar-refractivity contribution is 5.94.